The molecule has 0 amide bonds. The molecule has 12 bridgehead atoms. The van der Waals surface area contributed by atoms with Gasteiger partial charge in [0.25, 0.3) is 0 Å². The van der Waals surface area contributed by atoms with Gasteiger partial charge in [-0.25, -0.2) is 0 Å². The number of ether oxygens (including phenoxy) is 10. The molecular weight excluding hydrogens is 734 g/mol. The molecule has 0 aromatic heterocycles. The molecule has 11 rings (SSSR count). The van der Waals surface area contributed by atoms with Crippen LogP contribution < -0.4 is 0 Å². The van der Waals surface area contributed by atoms with Crippen molar-refractivity contribution in [2.24, 2.45) is 11.8 Å². The lowest BCUT2D eigenvalue weighted by atomic mass is 9.81. The lowest BCUT2D eigenvalue weighted by molar-refractivity contribution is -0.292. The molecule has 13 nitrogen and oxygen atoms in total. The van der Waals surface area contributed by atoms with E-state index in [0.717, 1.165) is 69.2 Å². The molecule has 1 spiro atoms. The molecule has 1 unspecified atom stereocenters. The van der Waals surface area contributed by atoms with Crippen LogP contribution in [0.5, 0.6) is 0 Å². The first-order valence-electron chi connectivity index (χ1n) is 22.3. The second-order valence-electron chi connectivity index (χ2n) is 19.1. The molecule has 0 saturated carbocycles. The molecule has 11 aliphatic rings. The van der Waals surface area contributed by atoms with Crippen molar-refractivity contribution in [3.63, 3.8) is 0 Å². The second kappa shape index (κ2) is 16.2. The van der Waals surface area contributed by atoms with Crippen molar-refractivity contribution in [1.29, 1.82) is 0 Å². The Morgan fingerprint density at radius 2 is 1.54 bits per heavy atom. The van der Waals surface area contributed by atoms with Gasteiger partial charge in [0.1, 0.15) is 36.3 Å². The van der Waals surface area contributed by atoms with Crippen molar-refractivity contribution in [1.82, 2.24) is 4.90 Å². The van der Waals surface area contributed by atoms with Crippen LogP contribution in [-0.4, -0.2) is 159 Å². The van der Waals surface area contributed by atoms with Crippen LogP contribution in [0.2, 0.25) is 0 Å². The van der Waals surface area contributed by atoms with E-state index in [1.54, 1.807) is 7.11 Å². The Morgan fingerprint density at radius 1 is 0.789 bits per heavy atom. The maximum atomic E-state index is 14.3. The van der Waals surface area contributed by atoms with Crippen LogP contribution in [0.3, 0.4) is 0 Å². The molecule has 57 heavy (non-hydrogen) atoms. The summed E-state index contributed by atoms with van der Waals surface area (Å²) in [6.07, 6.45) is 5.19. The maximum absolute atomic E-state index is 14.3. The standard InChI is InChI=1S/C44H65NO12/c1-23-15-28-5-7-32-24(2)16-30(50-32)9-10-44-21-37-40(56-44)41-42(55-37)43(57-44)39-33(54-41)8-6-29(52-39)17-26(46)18-31-35(20-34(51-28)25(23)3)53-36(38(31)48-4)19-27(47)22-45-11-13-49-14-12-45/h23,27-43,47H,2-3,5-22H2,1,4H3/t23-,27+,28+,29-,30+,31+,32+,33+,34-,35+,36-,37-,38-,39+,40+,41?,42-,43+,44+/m1/s1. The zero-order chi connectivity index (χ0) is 39.0. The van der Waals surface area contributed by atoms with Crippen LogP contribution in [-0.2, 0) is 52.2 Å². The fraction of sp³-hybridized carbons (Fsp3) is 0.886. The van der Waals surface area contributed by atoms with Crippen molar-refractivity contribution in [3.05, 3.63) is 24.3 Å². The van der Waals surface area contributed by atoms with E-state index in [2.05, 4.69) is 25.0 Å². The predicted octanol–water partition coefficient (Wildman–Crippen LogP) is 3.81. The number of morpholine rings is 1. The van der Waals surface area contributed by atoms with Gasteiger partial charge in [0, 0.05) is 71.2 Å². The summed E-state index contributed by atoms with van der Waals surface area (Å²) in [7, 11) is 1.70. The molecule has 1 N–H and O–H groups in total. The Bertz CT molecular complexity index is 1510. The number of ketones is 1. The molecule has 11 saturated heterocycles. The van der Waals surface area contributed by atoms with E-state index >= 15 is 0 Å². The summed E-state index contributed by atoms with van der Waals surface area (Å²) in [4.78, 5) is 16.5. The number of hydrogen-bond acceptors (Lipinski definition) is 13. The second-order valence-corrected chi connectivity index (χ2v) is 19.1. The number of hydrogen-bond donors (Lipinski definition) is 1. The summed E-state index contributed by atoms with van der Waals surface area (Å²) >= 11 is 0. The highest BCUT2D eigenvalue weighted by atomic mass is 16.8. The number of rotatable bonds is 5. The highest BCUT2D eigenvalue weighted by molar-refractivity contribution is 5.79. The van der Waals surface area contributed by atoms with Gasteiger partial charge < -0.3 is 52.5 Å². The zero-order valence-electron chi connectivity index (χ0n) is 33.9. The lowest BCUT2D eigenvalue weighted by Gasteiger charge is -2.47. The number of carbonyl (C=O) groups is 1. The first-order valence-corrected chi connectivity index (χ1v) is 22.3. The van der Waals surface area contributed by atoms with E-state index in [1.807, 2.05) is 0 Å². The zero-order valence-corrected chi connectivity index (χ0v) is 33.9. The summed E-state index contributed by atoms with van der Waals surface area (Å²) in [5, 5.41) is 11.3. The summed E-state index contributed by atoms with van der Waals surface area (Å²) < 4.78 is 66.2. The molecule has 0 aromatic rings. The van der Waals surface area contributed by atoms with E-state index in [9.17, 15) is 9.90 Å². The minimum atomic E-state index is -0.782. The van der Waals surface area contributed by atoms with Crippen molar-refractivity contribution < 1.29 is 57.3 Å². The van der Waals surface area contributed by atoms with Gasteiger partial charge in [0.05, 0.1) is 80.4 Å². The molecular formula is C44H65NO12. The highest BCUT2D eigenvalue weighted by Gasteiger charge is 2.68. The quantitative estimate of drug-likeness (QED) is 0.405. The van der Waals surface area contributed by atoms with Gasteiger partial charge in [-0.05, 0) is 62.0 Å². The van der Waals surface area contributed by atoms with Crippen LogP contribution in [0, 0.1) is 11.8 Å². The van der Waals surface area contributed by atoms with Gasteiger partial charge in [0.2, 0.25) is 0 Å². The average molecular weight is 800 g/mol. The van der Waals surface area contributed by atoms with Crippen molar-refractivity contribution in [2.45, 2.75) is 194 Å². The minimum Gasteiger partial charge on any atom is -0.392 e. The molecule has 11 heterocycles. The Hall–Kier alpha value is -1.33. The van der Waals surface area contributed by atoms with E-state index in [0.29, 0.717) is 45.4 Å². The Labute approximate surface area is 337 Å². The third-order valence-electron chi connectivity index (χ3n) is 15.3. The van der Waals surface area contributed by atoms with E-state index in [-0.39, 0.29) is 122 Å². The molecule has 0 radical (unpaired) electrons. The molecule has 0 aromatic carbocycles. The fourth-order valence-electron chi connectivity index (χ4n) is 12.3. The van der Waals surface area contributed by atoms with Crippen molar-refractivity contribution >= 4 is 5.78 Å². The van der Waals surface area contributed by atoms with Gasteiger partial charge in [-0.1, -0.05) is 20.1 Å². The number of Topliss-reactive ketones (excluding diaryl/α,β-unsaturated/α-hetero) is 1. The van der Waals surface area contributed by atoms with Crippen LogP contribution >= 0.6 is 0 Å². The third kappa shape index (κ3) is 7.77. The summed E-state index contributed by atoms with van der Waals surface area (Å²) in [5.41, 5.74) is 2.22. The van der Waals surface area contributed by atoms with Gasteiger partial charge >= 0.3 is 0 Å². The Morgan fingerprint density at radius 3 is 2.39 bits per heavy atom. The Kier molecular flexibility index (Phi) is 11.3. The number of carbonyl (C=O) groups excluding carboxylic acids is 1. The first-order chi connectivity index (χ1) is 27.6. The number of β-amino-alcohol motifs (C(OH)–C–C–N with tert-alkyl or cyclic N) is 1. The molecule has 11 fully saturated rings. The van der Waals surface area contributed by atoms with Crippen molar-refractivity contribution in [2.75, 3.05) is 40.0 Å². The number of methoxy groups -OCH3 is 1. The number of aliphatic hydroxyl groups is 1. The van der Waals surface area contributed by atoms with Crippen molar-refractivity contribution in [3.8, 4) is 0 Å². The van der Waals surface area contributed by atoms with Crippen LogP contribution in [0.1, 0.15) is 90.4 Å². The van der Waals surface area contributed by atoms with Gasteiger partial charge in [-0.15, -0.1) is 0 Å². The number of aliphatic hydroxyl groups excluding tert-OH is 1. The van der Waals surface area contributed by atoms with Gasteiger partial charge in [-0.3, -0.25) is 9.69 Å². The van der Waals surface area contributed by atoms with Crippen LogP contribution in [0.25, 0.3) is 0 Å². The summed E-state index contributed by atoms with van der Waals surface area (Å²) in [5.74, 6) is -0.592. The molecule has 318 valence electrons. The van der Waals surface area contributed by atoms with E-state index in [4.69, 9.17) is 47.4 Å². The summed E-state index contributed by atoms with van der Waals surface area (Å²) in [6, 6.07) is 0. The fourth-order valence-corrected chi connectivity index (χ4v) is 12.3. The van der Waals surface area contributed by atoms with Gasteiger partial charge in [0.15, 0.2) is 5.79 Å². The molecule has 13 heteroatoms. The normalized spacial score (nSPS) is 50.8. The minimum absolute atomic E-state index is 0.0158. The van der Waals surface area contributed by atoms with E-state index < -0.39 is 11.9 Å². The van der Waals surface area contributed by atoms with Crippen LogP contribution in [0.15, 0.2) is 24.3 Å². The van der Waals surface area contributed by atoms with Crippen LogP contribution in [0.4, 0.5) is 0 Å². The topological polar surface area (TPSA) is 133 Å². The number of nitrogens with zero attached hydrogens (tertiary/aromatic N) is 1. The third-order valence-corrected chi connectivity index (χ3v) is 15.3. The predicted molar refractivity (Wildman–Crippen MR) is 204 cm³/mol. The first kappa shape index (κ1) is 39.8. The maximum Gasteiger partial charge on any atom is 0.172 e. The highest BCUT2D eigenvalue weighted by Crippen LogP contribution is 2.54. The molecule has 0 aliphatic carbocycles. The number of fused-ring (bicyclic) bond motifs is 6. The Balaban J connectivity index is 0.908. The largest absolute Gasteiger partial charge is 0.392 e. The van der Waals surface area contributed by atoms with E-state index in [1.165, 1.54) is 0 Å². The summed E-state index contributed by atoms with van der Waals surface area (Å²) in [6.45, 7) is 14.7. The molecule has 19 atom stereocenters. The lowest BCUT2D eigenvalue weighted by Crippen LogP contribution is -2.61. The average Bonchev–Trinajstić information content (AvgIpc) is 3.87. The SMILES string of the molecule is C=C1C[C@@H]2CC[C@@]34C[C@H]5O[C@@H]6C(O[C@H]7CC[C@H](CC(=O)C[C@@H]8[C@@H](OC)[C@@H](C[C@H](O)CN9CCOCC9)O[C@H]8C[C@H]8O[C@@H](CC[C@@H]1O2)C[C@@H](C)C8=C)O[C@@H]7[C@@H]6O3)[C@H]5O4. The monoisotopic (exact) mass is 799 g/mol. The smallest absolute Gasteiger partial charge is 0.172 e. The molecule has 11 aliphatic heterocycles. The van der Waals surface area contributed by atoms with Gasteiger partial charge in [-0.2, -0.15) is 0 Å².